The van der Waals surface area contributed by atoms with Crippen LogP contribution < -0.4 is 16.4 Å². The van der Waals surface area contributed by atoms with E-state index in [-0.39, 0.29) is 18.4 Å². The molecule has 1 aromatic heterocycles. The van der Waals surface area contributed by atoms with Crippen LogP contribution in [-0.4, -0.2) is 15.0 Å². The molecule has 0 aliphatic rings. The molecule has 2 aromatic carbocycles. The SMILES string of the molecule is Cl.Nc1nc(Nc2ccccc2)nc(Nc2ccccc2)n1. The van der Waals surface area contributed by atoms with E-state index in [1.165, 1.54) is 0 Å². The molecular formula is C15H15ClN6. The van der Waals surface area contributed by atoms with E-state index in [4.69, 9.17) is 5.73 Å². The lowest BCUT2D eigenvalue weighted by molar-refractivity contribution is 1.07. The quantitative estimate of drug-likeness (QED) is 0.684. The first-order valence-corrected chi connectivity index (χ1v) is 6.45. The van der Waals surface area contributed by atoms with Crippen LogP contribution in [0.25, 0.3) is 0 Å². The van der Waals surface area contributed by atoms with Crippen molar-refractivity contribution in [1.82, 2.24) is 15.0 Å². The van der Waals surface area contributed by atoms with E-state index >= 15 is 0 Å². The van der Waals surface area contributed by atoms with Crippen molar-refractivity contribution in [3.63, 3.8) is 0 Å². The average Bonchev–Trinajstić information content (AvgIpc) is 2.48. The summed E-state index contributed by atoms with van der Waals surface area (Å²) in [6, 6.07) is 19.3. The first kappa shape index (κ1) is 15.5. The van der Waals surface area contributed by atoms with Crippen LogP contribution in [0.3, 0.4) is 0 Å². The van der Waals surface area contributed by atoms with Crippen LogP contribution >= 0.6 is 12.4 Å². The largest absolute Gasteiger partial charge is 0.368 e. The van der Waals surface area contributed by atoms with Crippen LogP contribution in [0.1, 0.15) is 0 Å². The highest BCUT2D eigenvalue weighted by Gasteiger charge is 2.05. The molecule has 0 aliphatic carbocycles. The summed E-state index contributed by atoms with van der Waals surface area (Å²) in [4.78, 5) is 12.5. The fraction of sp³-hybridized carbons (Fsp3) is 0. The lowest BCUT2D eigenvalue weighted by Gasteiger charge is -2.08. The second-order valence-corrected chi connectivity index (χ2v) is 4.32. The first-order valence-electron chi connectivity index (χ1n) is 6.45. The molecule has 3 rings (SSSR count). The fourth-order valence-electron chi connectivity index (χ4n) is 1.81. The Balaban J connectivity index is 0.00000176. The third kappa shape index (κ3) is 4.07. The molecule has 1 heterocycles. The molecule has 0 atom stereocenters. The number of nitrogens with two attached hydrogens (primary N) is 1. The van der Waals surface area contributed by atoms with Crippen molar-refractivity contribution in [2.24, 2.45) is 0 Å². The van der Waals surface area contributed by atoms with Gasteiger partial charge in [-0.3, -0.25) is 0 Å². The first-order chi connectivity index (χ1) is 10.3. The maximum Gasteiger partial charge on any atom is 0.233 e. The Morgan fingerprint density at radius 2 is 1.05 bits per heavy atom. The lowest BCUT2D eigenvalue weighted by Crippen LogP contribution is -2.06. The van der Waals surface area contributed by atoms with E-state index < -0.39 is 0 Å². The Kier molecular flexibility index (Phi) is 5.11. The summed E-state index contributed by atoms with van der Waals surface area (Å²) in [5.74, 6) is 0.945. The number of anilines is 5. The summed E-state index contributed by atoms with van der Waals surface area (Å²) in [5.41, 5.74) is 7.49. The summed E-state index contributed by atoms with van der Waals surface area (Å²) in [6.07, 6.45) is 0. The van der Waals surface area contributed by atoms with Crippen molar-refractivity contribution in [2.75, 3.05) is 16.4 Å². The number of rotatable bonds is 4. The summed E-state index contributed by atoms with van der Waals surface area (Å²) in [5, 5.41) is 6.18. The van der Waals surface area contributed by atoms with Crippen LogP contribution in [0.4, 0.5) is 29.2 Å². The van der Waals surface area contributed by atoms with Crippen molar-refractivity contribution in [3.8, 4) is 0 Å². The Morgan fingerprint density at radius 3 is 1.45 bits per heavy atom. The molecule has 0 spiro atoms. The van der Waals surface area contributed by atoms with Crippen LogP contribution in [0.5, 0.6) is 0 Å². The second kappa shape index (κ2) is 7.24. The van der Waals surface area contributed by atoms with Crippen LogP contribution in [0.15, 0.2) is 60.7 Å². The second-order valence-electron chi connectivity index (χ2n) is 4.32. The van der Waals surface area contributed by atoms with E-state index in [2.05, 4.69) is 25.6 Å². The Hall–Kier alpha value is -2.86. The summed E-state index contributed by atoms with van der Waals surface area (Å²) in [7, 11) is 0. The molecule has 3 aromatic rings. The Bertz CT molecular complexity index is 661. The number of halogens is 1. The number of nitrogen functional groups attached to an aromatic ring is 1. The predicted molar refractivity (Wildman–Crippen MR) is 90.9 cm³/mol. The minimum Gasteiger partial charge on any atom is -0.368 e. The van der Waals surface area contributed by atoms with Crippen LogP contribution in [0.2, 0.25) is 0 Å². The molecule has 4 N–H and O–H groups in total. The molecule has 0 saturated carbocycles. The lowest BCUT2D eigenvalue weighted by atomic mass is 10.3. The van der Waals surface area contributed by atoms with Gasteiger partial charge in [0.15, 0.2) is 0 Å². The molecule has 0 saturated heterocycles. The summed E-state index contributed by atoms with van der Waals surface area (Å²) in [6.45, 7) is 0. The molecule has 22 heavy (non-hydrogen) atoms. The maximum absolute atomic E-state index is 5.72. The van der Waals surface area contributed by atoms with Crippen molar-refractivity contribution in [3.05, 3.63) is 60.7 Å². The van der Waals surface area contributed by atoms with Gasteiger partial charge in [-0.25, -0.2) is 0 Å². The van der Waals surface area contributed by atoms with Gasteiger partial charge in [-0.05, 0) is 24.3 Å². The van der Waals surface area contributed by atoms with E-state index in [0.717, 1.165) is 11.4 Å². The van der Waals surface area contributed by atoms with Gasteiger partial charge in [-0.1, -0.05) is 36.4 Å². The highest BCUT2D eigenvalue weighted by Crippen LogP contribution is 2.17. The molecule has 7 heteroatoms. The van der Waals surface area contributed by atoms with E-state index in [1.807, 2.05) is 60.7 Å². The van der Waals surface area contributed by atoms with E-state index in [9.17, 15) is 0 Å². The minimum atomic E-state index is 0. The number of aromatic nitrogens is 3. The van der Waals surface area contributed by atoms with Crippen molar-refractivity contribution >= 4 is 41.6 Å². The third-order valence-corrected chi connectivity index (χ3v) is 2.71. The van der Waals surface area contributed by atoms with Gasteiger partial charge in [0.25, 0.3) is 0 Å². The molecule has 112 valence electrons. The standard InChI is InChI=1S/C15H14N6.ClH/c16-13-19-14(17-11-7-3-1-4-8-11)21-15(20-13)18-12-9-5-2-6-10-12;/h1-10H,(H4,16,17,18,19,20,21);1H. The summed E-state index contributed by atoms with van der Waals surface area (Å²) >= 11 is 0. The van der Waals surface area contributed by atoms with Gasteiger partial charge in [0, 0.05) is 11.4 Å². The number of benzene rings is 2. The molecule has 0 unspecified atom stereocenters. The normalized spacial score (nSPS) is 9.64. The highest BCUT2D eigenvalue weighted by molar-refractivity contribution is 5.85. The van der Waals surface area contributed by atoms with Gasteiger partial charge in [0.2, 0.25) is 17.8 Å². The maximum atomic E-state index is 5.72. The zero-order valence-corrected chi connectivity index (χ0v) is 12.4. The van der Waals surface area contributed by atoms with Crippen molar-refractivity contribution in [2.45, 2.75) is 0 Å². The van der Waals surface area contributed by atoms with E-state index in [1.54, 1.807) is 0 Å². The number of para-hydroxylation sites is 2. The summed E-state index contributed by atoms with van der Waals surface area (Å²) < 4.78 is 0. The van der Waals surface area contributed by atoms with Gasteiger partial charge >= 0.3 is 0 Å². The smallest absolute Gasteiger partial charge is 0.233 e. The topological polar surface area (TPSA) is 88.8 Å². The van der Waals surface area contributed by atoms with Gasteiger partial charge in [-0.15, -0.1) is 12.4 Å². The number of nitrogens with one attached hydrogen (secondary N) is 2. The molecule has 0 amide bonds. The Morgan fingerprint density at radius 1 is 0.636 bits per heavy atom. The molecule has 0 fully saturated rings. The Labute approximate surface area is 134 Å². The number of nitrogens with zero attached hydrogens (tertiary/aromatic N) is 3. The zero-order chi connectivity index (χ0) is 14.5. The molecule has 0 bridgehead atoms. The van der Waals surface area contributed by atoms with Crippen molar-refractivity contribution < 1.29 is 0 Å². The predicted octanol–water partition coefficient (Wildman–Crippen LogP) is 3.36. The molecule has 0 radical (unpaired) electrons. The minimum absolute atomic E-state index is 0. The van der Waals surface area contributed by atoms with E-state index in [0.29, 0.717) is 11.9 Å². The fourth-order valence-corrected chi connectivity index (χ4v) is 1.81. The molecule has 6 nitrogen and oxygen atoms in total. The van der Waals surface area contributed by atoms with Gasteiger partial charge in [-0.2, -0.15) is 15.0 Å². The van der Waals surface area contributed by atoms with Gasteiger partial charge < -0.3 is 16.4 Å². The monoisotopic (exact) mass is 314 g/mol. The average molecular weight is 315 g/mol. The zero-order valence-electron chi connectivity index (χ0n) is 11.6. The highest BCUT2D eigenvalue weighted by atomic mass is 35.5. The number of hydrogen-bond acceptors (Lipinski definition) is 6. The van der Waals surface area contributed by atoms with Crippen molar-refractivity contribution in [1.29, 1.82) is 0 Å². The third-order valence-electron chi connectivity index (χ3n) is 2.71. The van der Waals surface area contributed by atoms with Gasteiger partial charge in [0.1, 0.15) is 0 Å². The number of hydrogen-bond donors (Lipinski definition) is 3. The van der Waals surface area contributed by atoms with Crippen LogP contribution in [0, 0.1) is 0 Å². The van der Waals surface area contributed by atoms with Crippen LogP contribution in [-0.2, 0) is 0 Å². The molecule has 0 aliphatic heterocycles. The molecular weight excluding hydrogens is 300 g/mol. The van der Waals surface area contributed by atoms with Gasteiger partial charge in [0.05, 0.1) is 0 Å².